The van der Waals surface area contributed by atoms with E-state index in [-0.39, 0.29) is 27.5 Å². The summed E-state index contributed by atoms with van der Waals surface area (Å²) in [4.78, 5) is 27.0. The van der Waals surface area contributed by atoms with Gasteiger partial charge in [-0.15, -0.1) is 10.2 Å². The Balaban J connectivity index is 0.898. The van der Waals surface area contributed by atoms with Gasteiger partial charge in [-0.3, -0.25) is 9.58 Å². The van der Waals surface area contributed by atoms with Crippen molar-refractivity contribution in [3.63, 3.8) is 0 Å². The smallest absolute Gasteiger partial charge is 0.355 e. The summed E-state index contributed by atoms with van der Waals surface area (Å²) >= 11 is 1.58. The van der Waals surface area contributed by atoms with Gasteiger partial charge in [-0.05, 0) is 106 Å². The number of para-hydroxylation sites is 1. The van der Waals surface area contributed by atoms with Crippen molar-refractivity contribution < 1.29 is 14.6 Å². The van der Waals surface area contributed by atoms with Crippen LogP contribution in [0.2, 0.25) is 0 Å². The fourth-order valence-electron chi connectivity index (χ4n) is 12.6. The second-order valence-corrected chi connectivity index (χ2v) is 19.9. The molecule has 4 aromatic heterocycles. The summed E-state index contributed by atoms with van der Waals surface area (Å²) < 4.78 is 10.3. The van der Waals surface area contributed by atoms with Gasteiger partial charge in [0, 0.05) is 73.8 Å². The van der Waals surface area contributed by atoms with E-state index in [1.54, 1.807) is 11.3 Å². The van der Waals surface area contributed by atoms with Crippen LogP contribution in [0.5, 0.6) is 0 Å². The molecule has 2 aliphatic heterocycles. The van der Waals surface area contributed by atoms with Crippen molar-refractivity contribution in [2.24, 2.45) is 16.2 Å². The quantitative estimate of drug-likeness (QED) is 0.121. The van der Waals surface area contributed by atoms with Crippen LogP contribution in [-0.2, 0) is 17.7 Å². The Morgan fingerprint density at radius 1 is 0.948 bits per heavy atom. The maximum Gasteiger partial charge on any atom is 0.355 e. The lowest BCUT2D eigenvalue weighted by atomic mass is 9.39. The van der Waals surface area contributed by atoms with E-state index in [4.69, 9.17) is 19.8 Å². The first-order chi connectivity index (χ1) is 27.9. The number of thiazole rings is 1. The molecule has 6 heterocycles. The number of hydrogen-bond donors (Lipinski definition) is 3. The average Bonchev–Trinajstić information content (AvgIpc) is 3.76. The molecule has 3 N–H and O–H groups in total. The first-order valence-electron chi connectivity index (χ1n) is 21.0. The number of anilines is 4. The summed E-state index contributed by atoms with van der Waals surface area (Å²) in [7, 11) is 0. The SMILES string of the molecule is Cc1c(Nc2nc3ccccc3s2)nnc2c1CCCN2c1ccc(-c2cnn(CC34CC5(C)CC(C)(C3)CC(OCCN3CCNCC3)(C5)C4)c2C)c(C(=O)O)n1. The zero-order chi connectivity index (χ0) is 39.9. The third-order valence-corrected chi connectivity index (χ3v) is 14.8. The molecule has 4 saturated carbocycles. The molecule has 4 aliphatic carbocycles. The van der Waals surface area contributed by atoms with Gasteiger partial charge in [0.05, 0.1) is 28.6 Å². The average molecular weight is 803 g/mol. The molecule has 6 aliphatic rings. The van der Waals surface area contributed by atoms with Crippen molar-refractivity contribution in [2.45, 2.75) is 91.2 Å². The highest BCUT2D eigenvalue weighted by atomic mass is 32.1. The van der Waals surface area contributed by atoms with Crippen LogP contribution in [0.15, 0.2) is 42.6 Å². The number of nitrogens with one attached hydrogen (secondary N) is 2. The minimum Gasteiger partial charge on any atom is -0.476 e. The summed E-state index contributed by atoms with van der Waals surface area (Å²) in [5.74, 6) is 0.861. The molecule has 5 aromatic rings. The number of aromatic carboxylic acids is 1. The molecular weight excluding hydrogens is 749 g/mol. The van der Waals surface area contributed by atoms with E-state index in [9.17, 15) is 9.90 Å². The fraction of sp³-hybridized carbons (Fsp3) is 0.545. The second kappa shape index (κ2) is 14.1. The lowest BCUT2D eigenvalue weighted by Gasteiger charge is -2.69. The van der Waals surface area contributed by atoms with Crippen molar-refractivity contribution in [1.82, 2.24) is 40.2 Å². The second-order valence-electron chi connectivity index (χ2n) is 18.8. The number of benzene rings is 1. The van der Waals surface area contributed by atoms with Crippen LogP contribution in [-0.4, -0.2) is 97.4 Å². The number of pyridine rings is 1. The van der Waals surface area contributed by atoms with Crippen LogP contribution < -0.4 is 15.5 Å². The van der Waals surface area contributed by atoms with Gasteiger partial charge in [-0.2, -0.15) is 5.10 Å². The molecule has 1 saturated heterocycles. The Bertz CT molecular complexity index is 2350. The molecule has 1 aromatic carbocycles. The van der Waals surface area contributed by atoms with Crippen molar-refractivity contribution >= 4 is 50.1 Å². The predicted octanol–water partition coefficient (Wildman–Crippen LogP) is 7.53. The predicted molar refractivity (Wildman–Crippen MR) is 226 cm³/mol. The summed E-state index contributed by atoms with van der Waals surface area (Å²) in [6, 6.07) is 11.9. The number of hydrogen-bond acceptors (Lipinski definition) is 12. The molecule has 0 spiro atoms. The van der Waals surface area contributed by atoms with E-state index in [0.29, 0.717) is 29.6 Å². The van der Waals surface area contributed by atoms with Crippen molar-refractivity contribution in [1.29, 1.82) is 0 Å². The molecule has 58 heavy (non-hydrogen) atoms. The lowest BCUT2D eigenvalue weighted by molar-refractivity contribution is -0.249. The van der Waals surface area contributed by atoms with Gasteiger partial charge in [0.2, 0.25) is 0 Å². The van der Waals surface area contributed by atoms with Crippen molar-refractivity contribution in [2.75, 3.05) is 56.1 Å². The monoisotopic (exact) mass is 802 g/mol. The minimum atomic E-state index is -1.07. The summed E-state index contributed by atoms with van der Waals surface area (Å²) in [5, 5.41) is 32.5. The Morgan fingerprint density at radius 3 is 2.52 bits per heavy atom. The molecule has 304 valence electrons. The lowest BCUT2D eigenvalue weighted by Crippen LogP contribution is -2.64. The summed E-state index contributed by atoms with van der Waals surface area (Å²) in [6.45, 7) is 16.6. The first kappa shape index (κ1) is 37.7. The standard InChI is InChI=1S/C44H54N10O3S/c1-28-30-8-7-15-53(38(30)51-50-37(28)49-40-47-33-9-5-6-10-34(33)58-40)35-12-11-31(36(48-35)39(55)56)32-20-46-54(29(32)2)27-43-22-41(3)21-42(4,23-43)25-44(24-41,26-43)57-19-18-52-16-13-45-14-17-52/h5-6,9-12,20,45H,7-8,13-19,21-27H2,1-4H3,(H,55,56)(H,47,49,50). The third kappa shape index (κ3) is 6.75. The highest BCUT2D eigenvalue weighted by molar-refractivity contribution is 7.22. The van der Waals surface area contributed by atoms with E-state index in [1.165, 1.54) is 19.3 Å². The Labute approximate surface area is 343 Å². The van der Waals surface area contributed by atoms with Gasteiger partial charge >= 0.3 is 5.97 Å². The number of carboxylic acid groups (broad SMARTS) is 1. The molecule has 5 fully saturated rings. The maximum atomic E-state index is 13.0. The van der Waals surface area contributed by atoms with E-state index in [0.717, 1.165) is 116 Å². The van der Waals surface area contributed by atoms with Gasteiger partial charge in [-0.1, -0.05) is 37.3 Å². The molecular formula is C44H54N10O3S. The molecule has 0 amide bonds. The molecule has 2 atom stereocenters. The van der Waals surface area contributed by atoms with Crippen LogP contribution in [0, 0.1) is 30.1 Å². The van der Waals surface area contributed by atoms with Crippen LogP contribution in [0.25, 0.3) is 21.3 Å². The third-order valence-electron chi connectivity index (χ3n) is 13.8. The molecule has 11 rings (SSSR count). The van der Waals surface area contributed by atoms with E-state index in [1.807, 2.05) is 41.4 Å². The molecule has 2 unspecified atom stereocenters. The summed E-state index contributed by atoms with van der Waals surface area (Å²) in [5.41, 5.74) is 5.83. The number of fused-ring (bicyclic) bond motifs is 2. The Morgan fingerprint density at radius 2 is 1.74 bits per heavy atom. The first-order valence-corrected chi connectivity index (χ1v) is 21.8. The zero-order valence-electron chi connectivity index (χ0n) is 34.1. The Hall–Kier alpha value is -4.50. The van der Waals surface area contributed by atoms with Gasteiger partial charge in [0.25, 0.3) is 0 Å². The number of carbonyl (C=O) groups is 1. The van der Waals surface area contributed by atoms with E-state index < -0.39 is 5.97 Å². The molecule has 0 radical (unpaired) electrons. The van der Waals surface area contributed by atoms with E-state index >= 15 is 0 Å². The van der Waals surface area contributed by atoms with E-state index in [2.05, 4.69) is 64.2 Å². The normalized spacial score (nSPS) is 28.0. The van der Waals surface area contributed by atoms with Crippen LogP contribution >= 0.6 is 11.3 Å². The number of ether oxygens (including phenoxy) is 1. The number of piperazine rings is 1. The summed E-state index contributed by atoms with van der Waals surface area (Å²) in [6.07, 6.45) is 10.5. The number of aromatic nitrogens is 6. The number of rotatable bonds is 11. The van der Waals surface area contributed by atoms with Gasteiger partial charge < -0.3 is 25.4 Å². The number of nitrogens with zero attached hydrogens (tertiary/aromatic N) is 8. The highest BCUT2D eigenvalue weighted by Gasteiger charge is 2.66. The van der Waals surface area contributed by atoms with Gasteiger partial charge in [-0.25, -0.2) is 14.8 Å². The minimum absolute atomic E-state index is 0.0118. The number of carboxylic acids is 1. The van der Waals surface area contributed by atoms with Gasteiger partial charge in [0.15, 0.2) is 22.5 Å². The molecule has 14 heteroatoms. The largest absolute Gasteiger partial charge is 0.476 e. The maximum absolute atomic E-state index is 13.0. The van der Waals surface area contributed by atoms with Crippen LogP contribution in [0.4, 0.5) is 22.6 Å². The molecule has 4 bridgehead atoms. The van der Waals surface area contributed by atoms with Crippen molar-refractivity contribution in [3.8, 4) is 11.1 Å². The van der Waals surface area contributed by atoms with Crippen molar-refractivity contribution in [3.05, 3.63) is 65.1 Å². The van der Waals surface area contributed by atoms with Gasteiger partial charge in [0.1, 0.15) is 5.82 Å². The van der Waals surface area contributed by atoms with Crippen LogP contribution in [0.3, 0.4) is 0 Å². The highest BCUT2D eigenvalue weighted by Crippen LogP contribution is 2.72. The Kier molecular flexibility index (Phi) is 9.15. The van der Waals surface area contributed by atoms with Crippen LogP contribution in [0.1, 0.15) is 86.1 Å². The fourth-order valence-corrected chi connectivity index (χ4v) is 13.5. The topological polar surface area (TPSA) is 146 Å². The molecule has 13 nitrogen and oxygen atoms in total. The zero-order valence-corrected chi connectivity index (χ0v) is 34.9.